The van der Waals surface area contributed by atoms with Gasteiger partial charge in [-0.15, -0.1) is 11.3 Å². The predicted molar refractivity (Wildman–Crippen MR) is 64.5 cm³/mol. The van der Waals surface area contributed by atoms with Crippen LogP contribution in [0.4, 0.5) is 0 Å². The molecule has 16 heavy (non-hydrogen) atoms. The highest BCUT2D eigenvalue weighted by Gasteiger charge is 2.12. The molecule has 2 rings (SSSR count). The third-order valence-corrected chi connectivity index (χ3v) is 3.27. The van der Waals surface area contributed by atoms with Crippen molar-refractivity contribution >= 4 is 40.5 Å². The molecule has 0 unspecified atom stereocenters. The van der Waals surface area contributed by atoms with Crippen LogP contribution in [0.1, 0.15) is 9.80 Å². The minimum Gasteiger partial charge on any atom is -0.476 e. The molecule has 82 valence electrons. The molecule has 1 N–H and O–H groups in total. The van der Waals surface area contributed by atoms with E-state index in [0.717, 1.165) is 11.3 Å². The lowest BCUT2D eigenvalue weighted by molar-refractivity contribution is 0.0696. The van der Waals surface area contributed by atoms with Crippen LogP contribution in [0.2, 0.25) is 10.0 Å². The molecular formula is C10H5Cl2NO2S. The second-order valence-corrected chi connectivity index (χ2v) is 4.67. The highest BCUT2D eigenvalue weighted by Crippen LogP contribution is 2.30. The van der Waals surface area contributed by atoms with Crippen molar-refractivity contribution in [2.24, 2.45) is 0 Å². The van der Waals surface area contributed by atoms with Crippen LogP contribution in [0.25, 0.3) is 11.3 Å². The largest absolute Gasteiger partial charge is 0.476 e. The summed E-state index contributed by atoms with van der Waals surface area (Å²) in [6.45, 7) is 0. The molecule has 3 nitrogen and oxygen atoms in total. The fourth-order valence-electron chi connectivity index (χ4n) is 1.19. The van der Waals surface area contributed by atoms with Gasteiger partial charge in [0.25, 0.3) is 0 Å². The maximum absolute atomic E-state index is 10.7. The predicted octanol–water partition coefficient (Wildman–Crippen LogP) is 3.82. The molecule has 1 aromatic heterocycles. The zero-order valence-electron chi connectivity index (χ0n) is 7.78. The summed E-state index contributed by atoms with van der Waals surface area (Å²) in [4.78, 5) is 14.6. The molecular weight excluding hydrogens is 269 g/mol. The quantitative estimate of drug-likeness (QED) is 0.905. The number of halogens is 2. The molecule has 0 amide bonds. The number of thiazole rings is 1. The summed E-state index contributed by atoms with van der Waals surface area (Å²) < 4.78 is 0. The Bertz CT molecular complexity index is 554. The highest BCUT2D eigenvalue weighted by atomic mass is 35.5. The van der Waals surface area contributed by atoms with E-state index in [0.29, 0.717) is 21.3 Å². The molecule has 0 bridgehead atoms. The smallest absolute Gasteiger partial charge is 0.365 e. The zero-order chi connectivity index (χ0) is 11.7. The molecule has 0 saturated carbocycles. The molecule has 1 heterocycles. The van der Waals surface area contributed by atoms with E-state index in [1.807, 2.05) is 0 Å². The molecule has 0 aliphatic heterocycles. The van der Waals surface area contributed by atoms with Crippen LogP contribution < -0.4 is 0 Å². The van der Waals surface area contributed by atoms with Crippen molar-refractivity contribution in [3.05, 3.63) is 38.6 Å². The average molecular weight is 274 g/mol. The number of carboxylic acid groups (broad SMARTS) is 1. The second-order valence-electron chi connectivity index (χ2n) is 2.97. The average Bonchev–Trinajstić information content (AvgIpc) is 2.66. The number of carbonyl (C=O) groups is 1. The lowest BCUT2D eigenvalue weighted by atomic mass is 10.2. The minimum absolute atomic E-state index is 0.0426. The number of aromatic carboxylic acids is 1. The standard InChI is InChI=1S/C10H5Cl2NO2S/c11-5-1-2-6(7(12)3-5)8-4-16-9(13-8)10(14)15/h1-4H,(H,14,15). The van der Waals surface area contributed by atoms with Crippen LogP contribution in [0.5, 0.6) is 0 Å². The Balaban J connectivity index is 2.46. The van der Waals surface area contributed by atoms with Gasteiger partial charge in [-0.1, -0.05) is 23.2 Å². The molecule has 0 fully saturated rings. The van der Waals surface area contributed by atoms with E-state index >= 15 is 0 Å². The summed E-state index contributed by atoms with van der Waals surface area (Å²) in [7, 11) is 0. The molecule has 0 atom stereocenters. The topological polar surface area (TPSA) is 50.2 Å². The van der Waals surface area contributed by atoms with E-state index in [-0.39, 0.29) is 5.01 Å². The van der Waals surface area contributed by atoms with Crippen molar-refractivity contribution in [2.75, 3.05) is 0 Å². The number of aromatic nitrogens is 1. The number of rotatable bonds is 2. The Kier molecular flexibility index (Phi) is 3.14. The first-order valence-corrected chi connectivity index (χ1v) is 5.86. The summed E-state index contributed by atoms with van der Waals surface area (Å²) in [6, 6.07) is 4.99. The third-order valence-electron chi connectivity index (χ3n) is 1.89. The molecule has 0 spiro atoms. The lowest BCUT2D eigenvalue weighted by Crippen LogP contribution is -1.94. The van der Waals surface area contributed by atoms with E-state index < -0.39 is 5.97 Å². The first-order chi connectivity index (χ1) is 7.58. The van der Waals surface area contributed by atoms with Crippen molar-refractivity contribution in [3.63, 3.8) is 0 Å². The van der Waals surface area contributed by atoms with Crippen LogP contribution in [-0.4, -0.2) is 16.1 Å². The maximum atomic E-state index is 10.7. The Morgan fingerprint density at radius 1 is 1.38 bits per heavy atom. The lowest BCUT2D eigenvalue weighted by Gasteiger charge is -2.00. The fourth-order valence-corrected chi connectivity index (χ4v) is 2.35. The van der Waals surface area contributed by atoms with Crippen LogP contribution in [-0.2, 0) is 0 Å². The van der Waals surface area contributed by atoms with Crippen molar-refractivity contribution in [1.29, 1.82) is 0 Å². The van der Waals surface area contributed by atoms with Gasteiger partial charge in [-0.3, -0.25) is 0 Å². The monoisotopic (exact) mass is 273 g/mol. The number of hydrogen-bond acceptors (Lipinski definition) is 3. The summed E-state index contributed by atoms with van der Waals surface area (Å²) in [5, 5.41) is 11.4. The first kappa shape index (κ1) is 11.4. The third kappa shape index (κ3) is 2.19. The Morgan fingerprint density at radius 3 is 2.69 bits per heavy atom. The van der Waals surface area contributed by atoms with Crippen molar-refractivity contribution in [2.45, 2.75) is 0 Å². The molecule has 2 aromatic rings. The Morgan fingerprint density at radius 2 is 2.12 bits per heavy atom. The van der Waals surface area contributed by atoms with Crippen molar-refractivity contribution < 1.29 is 9.90 Å². The Hall–Kier alpha value is -1.10. The van der Waals surface area contributed by atoms with E-state index in [9.17, 15) is 4.79 Å². The minimum atomic E-state index is -1.04. The SMILES string of the molecule is O=C(O)c1nc(-c2ccc(Cl)cc2Cl)cs1. The van der Waals surface area contributed by atoms with Crippen molar-refractivity contribution in [3.8, 4) is 11.3 Å². The summed E-state index contributed by atoms with van der Waals surface area (Å²) in [5.41, 5.74) is 1.22. The van der Waals surface area contributed by atoms with Gasteiger partial charge < -0.3 is 5.11 Å². The maximum Gasteiger partial charge on any atom is 0.365 e. The Labute approximate surface area is 105 Å². The van der Waals surface area contributed by atoms with Gasteiger partial charge in [-0.25, -0.2) is 9.78 Å². The van der Waals surface area contributed by atoms with Crippen LogP contribution in [0.3, 0.4) is 0 Å². The van der Waals surface area contributed by atoms with Gasteiger partial charge in [0.05, 0.1) is 10.7 Å². The molecule has 0 aliphatic rings. The number of benzene rings is 1. The first-order valence-electron chi connectivity index (χ1n) is 4.22. The van der Waals surface area contributed by atoms with E-state index in [4.69, 9.17) is 28.3 Å². The van der Waals surface area contributed by atoms with Gasteiger partial charge in [0.1, 0.15) is 0 Å². The second kappa shape index (κ2) is 4.41. The number of carboxylic acids is 1. The summed E-state index contributed by atoms with van der Waals surface area (Å²) in [5.74, 6) is -1.04. The van der Waals surface area contributed by atoms with E-state index in [1.165, 1.54) is 0 Å². The van der Waals surface area contributed by atoms with Gasteiger partial charge in [0, 0.05) is 16.0 Å². The van der Waals surface area contributed by atoms with Crippen molar-refractivity contribution in [1.82, 2.24) is 4.98 Å². The normalized spacial score (nSPS) is 10.4. The van der Waals surface area contributed by atoms with E-state index in [1.54, 1.807) is 23.6 Å². The fraction of sp³-hybridized carbons (Fsp3) is 0. The van der Waals surface area contributed by atoms with Gasteiger partial charge in [0.2, 0.25) is 5.01 Å². The summed E-state index contributed by atoms with van der Waals surface area (Å²) >= 11 is 12.8. The van der Waals surface area contributed by atoms with Crippen LogP contribution in [0.15, 0.2) is 23.6 Å². The van der Waals surface area contributed by atoms with Gasteiger partial charge in [-0.05, 0) is 18.2 Å². The molecule has 0 aliphatic carbocycles. The molecule has 6 heteroatoms. The molecule has 0 radical (unpaired) electrons. The van der Waals surface area contributed by atoms with Crippen LogP contribution >= 0.6 is 34.5 Å². The number of nitrogens with zero attached hydrogens (tertiary/aromatic N) is 1. The summed E-state index contributed by atoms with van der Waals surface area (Å²) in [6.07, 6.45) is 0. The highest BCUT2D eigenvalue weighted by molar-refractivity contribution is 7.11. The van der Waals surface area contributed by atoms with E-state index in [2.05, 4.69) is 4.98 Å². The van der Waals surface area contributed by atoms with Gasteiger partial charge >= 0.3 is 5.97 Å². The van der Waals surface area contributed by atoms with Gasteiger partial charge in [0.15, 0.2) is 0 Å². The zero-order valence-corrected chi connectivity index (χ0v) is 10.1. The van der Waals surface area contributed by atoms with Gasteiger partial charge in [-0.2, -0.15) is 0 Å². The molecule has 1 aromatic carbocycles. The van der Waals surface area contributed by atoms with Crippen LogP contribution in [0, 0.1) is 0 Å². The molecule has 0 saturated heterocycles. The number of hydrogen-bond donors (Lipinski definition) is 1.